The zero-order valence-electron chi connectivity index (χ0n) is 17.9. The molecule has 160 valence electrons. The molecule has 0 radical (unpaired) electrons. The second-order valence-electron chi connectivity index (χ2n) is 7.35. The van der Waals surface area contributed by atoms with Crippen molar-refractivity contribution in [3.63, 3.8) is 0 Å². The highest BCUT2D eigenvalue weighted by atomic mass is 16.5. The normalized spacial score (nSPS) is 11.2. The molecule has 0 unspecified atom stereocenters. The van der Waals surface area contributed by atoms with Crippen molar-refractivity contribution in [2.24, 2.45) is 0 Å². The van der Waals surface area contributed by atoms with Crippen molar-refractivity contribution >= 4 is 16.7 Å². The van der Waals surface area contributed by atoms with Crippen LogP contribution in [-0.4, -0.2) is 38.4 Å². The number of ether oxygens (including phenoxy) is 2. The van der Waals surface area contributed by atoms with Crippen molar-refractivity contribution in [2.45, 2.75) is 13.5 Å². The second kappa shape index (κ2) is 7.81. The Morgan fingerprint density at radius 3 is 2.41 bits per heavy atom. The summed E-state index contributed by atoms with van der Waals surface area (Å²) in [6.07, 6.45) is 1.75. The SMILES string of the molecule is COc1ccccc1Cn1ccc2nc3nc(C)nn3c(-c3ccccc3OC)c2c1=O. The fourth-order valence-corrected chi connectivity index (χ4v) is 3.95. The van der Waals surface area contributed by atoms with E-state index in [-0.39, 0.29) is 5.56 Å². The molecule has 5 aromatic rings. The van der Waals surface area contributed by atoms with Gasteiger partial charge >= 0.3 is 0 Å². The van der Waals surface area contributed by atoms with E-state index in [9.17, 15) is 4.79 Å². The summed E-state index contributed by atoms with van der Waals surface area (Å²) in [4.78, 5) is 22.8. The van der Waals surface area contributed by atoms with E-state index in [0.717, 1.165) is 16.9 Å². The summed E-state index contributed by atoms with van der Waals surface area (Å²) >= 11 is 0. The first-order valence-corrected chi connectivity index (χ1v) is 10.1. The van der Waals surface area contributed by atoms with Gasteiger partial charge in [-0.05, 0) is 31.2 Å². The Bertz CT molecular complexity index is 1520. The molecule has 3 heterocycles. The fourth-order valence-electron chi connectivity index (χ4n) is 3.95. The van der Waals surface area contributed by atoms with E-state index in [2.05, 4.69) is 15.1 Å². The van der Waals surface area contributed by atoms with Crippen molar-refractivity contribution in [1.29, 1.82) is 0 Å². The van der Waals surface area contributed by atoms with Crippen molar-refractivity contribution in [2.75, 3.05) is 14.2 Å². The zero-order valence-corrected chi connectivity index (χ0v) is 17.9. The quantitative estimate of drug-likeness (QED) is 0.427. The average molecular weight is 427 g/mol. The molecule has 8 nitrogen and oxygen atoms in total. The van der Waals surface area contributed by atoms with E-state index in [1.165, 1.54) is 0 Å². The molecule has 8 heteroatoms. The molecule has 0 atom stereocenters. The van der Waals surface area contributed by atoms with Crippen LogP contribution in [0.5, 0.6) is 11.5 Å². The van der Waals surface area contributed by atoms with Gasteiger partial charge in [0.05, 0.1) is 37.4 Å². The van der Waals surface area contributed by atoms with Gasteiger partial charge in [-0.1, -0.05) is 30.3 Å². The van der Waals surface area contributed by atoms with Gasteiger partial charge in [-0.2, -0.15) is 9.50 Å². The van der Waals surface area contributed by atoms with Crippen molar-refractivity contribution in [1.82, 2.24) is 24.1 Å². The Hall–Kier alpha value is -4.20. The van der Waals surface area contributed by atoms with Crippen LogP contribution in [0, 0.1) is 6.92 Å². The first-order valence-electron chi connectivity index (χ1n) is 10.1. The van der Waals surface area contributed by atoms with Crippen LogP contribution >= 0.6 is 0 Å². The van der Waals surface area contributed by atoms with Gasteiger partial charge in [-0.3, -0.25) is 4.79 Å². The van der Waals surface area contributed by atoms with Crippen LogP contribution in [0.15, 0.2) is 65.6 Å². The lowest BCUT2D eigenvalue weighted by Gasteiger charge is -2.14. The molecule has 0 amide bonds. The lowest BCUT2D eigenvalue weighted by atomic mass is 10.1. The summed E-state index contributed by atoms with van der Waals surface area (Å²) in [7, 11) is 3.22. The van der Waals surface area contributed by atoms with Gasteiger partial charge in [0.25, 0.3) is 11.3 Å². The number of benzene rings is 2. The molecule has 2 aromatic carbocycles. The topological polar surface area (TPSA) is 83.5 Å². The predicted octanol–water partition coefficient (Wildman–Crippen LogP) is 3.48. The number of aryl methyl sites for hydroxylation is 1. The third-order valence-electron chi connectivity index (χ3n) is 5.40. The summed E-state index contributed by atoms with van der Waals surface area (Å²) < 4.78 is 14.3. The molecule has 0 bridgehead atoms. The van der Waals surface area contributed by atoms with Crippen LogP contribution in [-0.2, 0) is 6.54 Å². The largest absolute Gasteiger partial charge is 0.496 e. The van der Waals surface area contributed by atoms with Crippen LogP contribution in [0.4, 0.5) is 0 Å². The molecule has 0 aliphatic rings. The lowest BCUT2D eigenvalue weighted by Crippen LogP contribution is -2.22. The third kappa shape index (κ3) is 3.17. The van der Waals surface area contributed by atoms with E-state index in [1.807, 2.05) is 54.6 Å². The molecule has 0 saturated heterocycles. The number of methoxy groups -OCH3 is 2. The Kier molecular flexibility index (Phi) is 4.82. The first kappa shape index (κ1) is 19.7. The Morgan fingerprint density at radius 1 is 0.906 bits per heavy atom. The molecular weight excluding hydrogens is 406 g/mol. The highest BCUT2D eigenvalue weighted by Crippen LogP contribution is 2.33. The summed E-state index contributed by atoms with van der Waals surface area (Å²) in [5.41, 5.74) is 2.61. The Labute approximate surface area is 183 Å². The summed E-state index contributed by atoms with van der Waals surface area (Å²) in [5, 5.41) is 4.96. The lowest BCUT2D eigenvalue weighted by molar-refractivity contribution is 0.408. The minimum atomic E-state index is -0.183. The van der Waals surface area contributed by atoms with Crippen molar-refractivity contribution in [3.8, 4) is 22.8 Å². The highest BCUT2D eigenvalue weighted by Gasteiger charge is 2.20. The minimum Gasteiger partial charge on any atom is -0.496 e. The maximum atomic E-state index is 13.8. The Balaban J connectivity index is 1.83. The molecule has 32 heavy (non-hydrogen) atoms. The zero-order chi connectivity index (χ0) is 22.2. The smallest absolute Gasteiger partial charge is 0.262 e. The number of rotatable bonds is 5. The molecule has 5 rings (SSSR count). The van der Waals surface area contributed by atoms with E-state index < -0.39 is 0 Å². The van der Waals surface area contributed by atoms with Crippen LogP contribution in [0.25, 0.3) is 27.9 Å². The van der Waals surface area contributed by atoms with Gasteiger partial charge in [-0.15, -0.1) is 5.10 Å². The number of nitrogens with zero attached hydrogens (tertiary/aromatic N) is 5. The van der Waals surface area contributed by atoms with Gasteiger partial charge in [0, 0.05) is 17.3 Å². The van der Waals surface area contributed by atoms with Gasteiger partial charge < -0.3 is 14.0 Å². The number of hydrogen-bond donors (Lipinski definition) is 0. The summed E-state index contributed by atoms with van der Waals surface area (Å²) in [5.74, 6) is 2.36. The van der Waals surface area contributed by atoms with Crippen LogP contribution in [0.3, 0.4) is 0 Å². The van der Waals surface area contributed by atoms with Crippen molar-refractivity contribution in [3.05, 3.63) is 82.5 Å². The van der Waals surface area contributed by atoms with Gasteiger partial charge in [0.15, 0.2) is 0 Å². The van der Waals surface area contributed by atoms with Crippen LogP contribution in [0.2, 0.25) is 0 Å². The van der Waals surface area contributed by atoms with Crippen LogP contribution < -0.4 is 15.0 Å². The van der Waals surface area contributed by atoms with E-state index in [0.29, 0.717) is 40.5 Å². The summed E-state index contributed by atoms with van der Waals surface area (Å²) in [6.45, 7) is 2.16. The molecule has 0 saturated carbocycles. The van der Waals surface area contributed by atoms with Crippen molar-refractivity contribution < 1.29 is 9.47 Å². The number of hydrogen-bond acceptors (Lipinski definition) is 6. The molecule has 0 spiro atoms. The predicted molar refractivity (Wildman–Crippen MR) is 121 cm³/mol. The number of para-hydroxylation sites is 2. The number of pyridine rings is 1. The molecule has 0 aliphatic heterocycles. The van der Waals surface area contributed by atoms with Gasteiger partial charge in [-0.25, -0.2) is 4.98 Å². The molecule has 0 aliphatic carbocycles. The van der Waals surface area contributed by atoms with Gasteiger partial charge in [0.1, 0.15) is 17.3 Å². The van der Waals surface area contributed by atoms with Crippen LogP contribution in [0.1, 0.15) is 11.4 Å². The monoisotopic (exact) mass is 427 g/mol. The average Bonchev–Trinajstić information content (AvgIpc) is 3.19. The maximum Gasteiger partial charge on any atom is 0.262 e. The minimum absolute atomic E-state index is 0.183. The standard InChI is InChI=1S/C24H21N5O3/c1-15-25-24-26-18-12-13-28(14-16-8-4-6-10-19(16)31-2)23(30)21(18)22(29(24)27-15)17-9-5-7-11-20(17)32-3/h4-13H,14H2,1-3H3. The summed E-state index contributed by atoms with van der Waals surface area (Å²) in [6, 6.07) is 17.0. The molecule has 0 fully saturated rings. The first-order chi connectivity index (χ1) is 15.6. The Morgan fingerprint density at radius 2 is 1.62 bits per heavy atom. The number of aromatic nitrogens is 5. The maximum absolute atomic E-state index is 13.8. The number of fused-ring (bicyclic) bond motifs is 2. The van der Waals surface area contributed by atoms with E-state index in [1.54, 1.807) is 36.4 Å². The van der Waals surface area contributed by atoms with E-state index >= 15 is 0 Å². The molecule has 3 aromatic heterocycles. The molecular formula is C24H21N5O3. The van der Waals surface area contributed by atoms with Gasteiger partial charge in [0.2, 0.25) is 0 Å². The second-order valence-corrected chi connectivity index (χ2v) is 7.35. The third-order valence-corrected chi connectivity index (χ3v) is 5.40. The van der Waals surface area contributed by atoms with E-state index in [4.69, 9.17) is 9.47 Å². The highest BCUT2D eigenvalue weighted by molar-refractivity contribution is 5.94. The molecule has 0 N–H and O–H groups in total. The fraction of sp³-hybridized carbons (Fsp3) is 0.167.